The Kier molecular flexibility index (Phi) is 5.61. The molecule has 2 heterocycles. The molecule has 3 atom stereocenters. The largest absolute Gasteiger partial charge is 0.493 e. The Morgan fingerprint density at radius 2 is 1.68 bits per heavy atom. The minimum Gasteiger partial charge on any atom is -0.493 e. The fraction of sp³-hybridized carbons (Fsp3) is 0.500. The van der Waals surface area contributed by atoms with E-state index < -0.39 is 0 Å². The number of ether oxygens (including phenoxy) is 3. The van der Waals surface area contributed by atoms with Crippen LogP contribution in [0.3, 0.4) is 0 Å². The molecule has 164 valence electrons. The van der Waals surface area contributed by atoms with Crippen molar-refractivity contribution < 1.29 is 14.2 Å². The number of hydrogen-bond donors (Lipinski definition) is 0. The molecule has 1 aliphatic carbocycles. The van der Waals surface area contributed by atoms with Gasteiger partial charge < -0.3 is 19.1 Å². The van der Waals surface area contributed by atoms with Crippen molar-refractivity contribution in [2.24, 2.45) is 4.99 Å². The summed E-state index contributed by atoms with van der Waals surface area (Å²) in [5.74, 6) is 2.04. The summed E-state index contributed by atoms with van der Waals surface area (Å²) in [6.45, 7) is 1.93. The first-order chi connectivity index (χ1) is 15.2. The van der Waals surface area contributed by atoms with Crippen LogP contribution in [-0.4, -0.2) is 52.3 Å². The molecule has 3 unspecified atom stereocenters. The Labute approximate surface area is 185 Å². The molecular weight excluding hydrogens is 388 g/mol. The van der Waals surface area contributed by atoms with Gasteiger partial charge in [-0.05, 0) is 43.0 Å². The SMILES string of the molecule is COc1cc2c(cc1OC)C1CCCCC1N=C2c1ccccc1N1CCC(OC)C1. The van der Waals surface area contributed by atoms with Gasteiger partial charge in [0.15, 0.2) is 11.5 Å². The molecule has 0 aromatic heterocycles. The lowest BCUT2D eigenvalue weighted by Crippen LogP contribution is -2.31. The first kappa shape index (κ1) is 20.4. The second-order valence-electron chi connectivity index (χ2n) is 8.84. The molecule has 1 saturated carbocycles. The van der Waals surface area contributed by atoms with Gasteiger partial charge >= 0.3 is 0 Å². The molecule has 3 aliphatic rings. The maximum atomic E-state index is 5.67. The smallest absolute Gasteiger partial charge is 0.161 e. The van der Waals surface area contributed by atoms with Crippen LogP contribution >= 0.6 is 0 Å². The minimum absolute atomic E-state index is 0.292. The van der Waals surface area contributed by atoms with E-state index >= 15 is 0 Å². The molecule has 0 bridgehead atoms. The summed E-state index contributed by atoms with van der Waals surface area (Å²) in [6, 6.07) is 13.4. The molecule has 2 fully saturated rings. The van der Waals surface area contributed by atoms with Gasteiger partial charge in [-0.3, -0.25) is 4.99 Å². The van der Waals surface area contributed by atoms with Crippen molar-refractivity contribution in [3.05, 3.63) is 53.1 Å². The quantitative estimate of drug-likeness (QED) is 0.697. The van der Waals surface area contributed by atoms with Crippen molar-refractivity contribution in [3.63, 3.8) is 0 Å². The number of aliphatic imine (C=N–C) groups is 1. The van der Waals surface area contributed by atoms with Crippen molar-refractivity contribution >= 4 is 11.4 Å². The normalized spacial score (nSPS) is 24.9. The van der Waals surface area contributed by atoms with E-state index in [1.807, 2.05) is 7.11 Å². The highest BCUT2D eigenvalue weighted by Crippen LogP contribution is 2.45. The number of rotatable bonds is 5. The maximum Gasteiger partial charge on any atom is 0.161 e. The molecule has 0 amide bonds. The predicted molar refractivity (Wildman–Crippen MR) is 124 cm³/mol. The Hall–Kier alpha value is -2.53. The number of anilines is 1. The van der Waals surface area contributed by atoms with Crippen LogP contribution in [-0.2, 0) is 4.74 Å². The third kappa shape index (κ3) is 3.59. The average Bonchev–Trinajstić information content (AvgIpc) is 3.32. The van der Waals surface area contributed by atoms with Gasteiger partial charge in [0.2, 0.25) is 0 Å². The number of para-hydroxylation sites is 1. The molecule has 1 saturated heterocycles. The van der Waals surface area contributed by atoms with E-state index in [0.717, 1.165) is 43.1 Å². The highest BCUT2D eigenvalue weighted by Gasteiger charge is 2.36. The monoisotopic (exact) mass is 420 g/mol. The summed E-state index contributed by atoms with van der Waals surface area (Å²) >= 11 is 0. The van der Waals surface area contributed by atoms with Gasteiger partial charge in [-0.15, -0.1) is 0 Å². The Morgan fingerprint density at radius 3 is 2.45 bits per heavy atom. The van der Waals surface area contributed by atoms with Crippen molar-refractivity contribution in [1.82, 2.24) is 0 Å². The molecular formula is C26H32N2O3. The molecule has 0 radical (unpaired) electrons. The third-order valence-electron chi connectivity index (χ3n) is 7.21. The van der Waals surface area contributed by atoms with Crippen LogP contribution in [0.4, 0.5) is 5.69 Å². The first-order valence-corrected chi connectivity index (χ1v) is 11.4. The van der Waals surface area contributed by atoms with E-state index in [9.17, 15) is 0 Å². The van der Waals surface area contributed by atoms with Crippen LogP contribution in [0.2, 0.25) is 0 Å². The standard InChI is InChI=1S/C26H32N2O3/c1-29-17-12-13-28(16-17)23-11-7-5-9-19(23)26-21-15-25(31-3)24(30-2)14-20(21)18-8-4-6-10-22(18)27-26/h5,7,9,11,14-15,17-18,22H,4,6,8,10,12-13,16H2,1-3H3. The van der Waals surface area contributed by atoms with Crippen molar-refractivity contribution in [2.45, 2.75) is 50.2 Å². The van der Waals surface area contributed by atoms with Crippen LogP contribution in [0.15, 0.2) is 41.4 Å². The molecule has 2 aromatic carbocycles. The summed E-state index contributed by atoms with van der Waals surface area (Å²) in [6.07, 6.45) is 6.21. The molecule has 5 nitrogen and oxygen atoms in total. The van der Waals surface area contributed by atoms with Crippen LogP contribution in [0.25, 0.3) is 0 Å². The van der Waals surface area contributed by atoms with Gasteiger partial charge in [-0.2, -0.15) is 0 Å². The van der Waals surface area contributed by atoms with Crippen LogP contribution in [0.1, 0.15) is 54.7 Å². The van der Waals surface area contributed by atoms with E-state index in [1.165, 1.54) is 41.6 Å². The lowest BCUT2D eigenvalue weighted by molar-refractivity contribution is 0.121. The zero-order valence-corrected chi connectivity index (χ0v) is 18.8. The molecule has 2 aromatic rings. The molecule has 0 N–H and O–H groups in total. The summed E-state index contributed by atoms with van der Waals surface area (Å²) in [5.41, 5.74) is 6.09. The number of benzene rings is 2. The lowest BCUT2D eigenvalue weighted by Gasteiger charge is -2.36. The van der Waals surface area contributed by atoms with E-state index in [0.29, 0.717) is 18.1 Å². The van der Waals surface area contributed by atoms with Gasteiger partial charge in [-0.25, -0.2) is 0 Å². The van der Waals surface area contributed by atoms with Crippen LogP contribution in [0, 0.1) is 0 Å². The topological polar surface area (TPSA) is 43.3 Å². The summed E-state index contributed by atoms with van der Waals surface area (Å²) in [5, 5.41) is 0. The van der Waals surface area contributed by atoms with E-state index in [1.54, 1.807) is 14.2 Å². The fourth-order valence-electron chi connectivity index (χ4n) is 5.57. The highest BCUT2D eigenvalue weighted by atomic mass is 16.5. The third-order valence-corrected chi connectivity index (χ3v) is 7.21. The van der Waals surface area contributed by atoms with Gasteiger partial charge in [0.1, 0.15) is 0 Å². The molecule has 2 aliphatic heterocycles. The Bertz CT molecular complexity index is 987. The van der Waals surface area contributed by atoms with Gasteiger partial charge in [0, 0.05) is 42.9 Å². The van der Waals surface area contributed by atoms with Crippen LogP contribution in [0.5, 0.6) is 11.5 Å². The average molecular weight is 421 g/mol. The Balaban J connectivity index is 1.64. The number of nitrogens with zero attached hydrogens (tertiary/aromatic N) is 2. The molecule has 5 heteroatoms. The van der Waals surface area contributed by atoms with E-state index in [-0.39, 0.29) is 0 Å². The second-order valence-corrected chi connectivity index (χ2v) is 8.84. The van der Waals surface area contributed by atoms with Crippen molar-refractivity contribution in [2.75, 3.05) is 39.3 Å². The molecule has 5 rings (SSSR count). The lowest BCUT2D eigenvalue weighted by atomic mass is 9.75. The zero-order chi connectivity index (χ0) is 21.4. The zero-order valence-electron chi connectivity index (χ0n) is 18.8. The van der Waals surface area contributed by atoms with Crippen molar-refractivity contribution in [3.8, 4) is 11.5 Å². The first-order valence-electron chi connectivity index (χ1n) is 11.4. The molecule has 0 spiro atoms. The van der Waals surface area contributed by atoms with Gasteiger partial charge in [0.05, 0.1) is 32.1 Å². The minimum atomic E-state index is 0.292. The fourth-order valence-corrected chi connectivity index (χ4v) is 5.57. The predicted octanol–water partition coefficient (Wildman–Crippen LogP) is 4.81. The second kappa shape index (κ2) is 8.54. The van der Waals surface area contributed by atoms with Crippen molar-refractivity contribution in [1.29, 1.82) is 0 Å². The van der Waals surface area contributed by atoms with Crippen LogP contribution < -0.4 is 14.4 Å². The summed E-state index contributed by atoms with van der Waals surface area (Å²) in [7, 11) is 5.23. The maximum absolute atomic E-state index is 5.67. The summed E-state index contributed by atoms with van der Waals surface area (Å²) < 4.78 is 17.0. The van der Waals surface area contributed by atoms with E-state index in [4.69, 9.17) is 19.2 Å². The van der Waals surface area contributed by atoms with Gasteiger partial charge in [-0.1, -0.05) is 31.0 Å². The number of methoxy groups -OCH3 is 3. The number of hydrogen-bond acceptors (Lipinski definition) is 5. The number of fused-ring (bicyclic) bond motifs is 3. The highest BCUT2D eigenvalue weighted by molar-refractivity contribution is 6.17. The Morgan fingerprint density at radius 1 is 0.903 bits per heavy atom. The molecule has 31 heavy (non-hydrogen) atoms. The van der Waals surface area contributed by atoms with E-state index in [2.05, 4.69) is 41.3 Å². The van der Waals surface area contributed by atoms with Gasteiger partial charge in [0.25, 0.3) is 0 Å². The summed E-state index contributed by atoms with van der Waals surface area (Å²) in [4.78, 5) is 7.82.